The van der Waals surface area contributed by atoms with Crippen molar-refractivity contribution in [3.8, 4) is 11.1 Å². The molecular formula is C31H36F3N3O3. The zero-order valence-corrected chi connectivity index (χ0v) is 22.5. The first kappa shape index (κ1) is 29.4. The number of carbonyl (C=O) groups excluding carboxylic acids is 3. The summed E-state index contributed by atoms with van der Waals surface area (Å²) in [4.78, 5) is 40.8. The van der Waals surface area contributed by atoms with Crippen molar-refractivity contribution in [2.24, 2.45) is 23.5 Å². The van der Waals surface area contributed by atoms with Gasteiger partial charge in [0.15, 0.2) is 0 Å². The number of allylic oxidation sites excluding steroid dienone is 1. The van der Waals surface area contributed by atoms with E-state index in [2.05, 4.69) is 11.9 Å². The molecule has 3 amide bonds. The lowest BCUT2D eigenvalue weighted by Gasteiger charge is -2.28. The van der Waals surface area contributed by atoms with E-state index in [1.807, 2.05) is 24.3 Å². The maximum Gasteiger partial charge on any atom is 0.416 e. The van der Waals surface area contributed by atoms with Crippen LogP contribution in [0.2, 0.25) is 0 Å². The van der Waals surface area contributed by atoms with Crippen molar-refractivity contribution in [1.82, 2.24) is 10.2 Å². The van der Waals surface area contributed by atoms with Crippen LogP contribution in [0.15, 0.2) is 61.2 Å². The van der Waals surface area contributed by atoms with Gasteiger partial charge >= 0.3 is 6.18 Å². The van der Waals surface area contributed by atoms with E-state index in [0.717, 1.165) is 48.9 Å². The number of hydrogen-bond acceptors (Lipinski definition) is 3. The highest BCUT2D eigenvalue weighted by Crippen LogP contribution is 2.38. The van der Waals surface area contributed by atoms with Gasteiger partial charge < -0.3 is 16.0 Å². The van der Waals surface area contributed by atoms with E-state index in [1.165, 1.54) is 12.1 Å². The summed E-state index contributed by atoms with van der Waals surface area (Å²) in [6, 6.07) is 11.7. The molecule has 214 valence electrons. The molecule has 0 radical (unpaired) electrons. The number of halogens is 3. The minimum absolute atomic E-state index is 0.185. The second kappa shape index (κ2) is 12.7. The van der Waals surface area contributed by atoms with E-state index < -0.39 is 35.5 Å². The molecule has 1 heterocycles. The number of alkyl halides is 3. The maximum absolute atomic E-state index is 13.6. The van der Waals surface area contributed by atoms with Gasteiger partial charge in [-0.15, -0.1) is 6.58 Å². The van der Waals surface area contributed by atoms with Gasteiger partial charge in [-0.05, 0) is 72.9 Å². The van der Waals surface area contributed by atoms with Gasteiger partial charge in [-0.25, -0.2) is 0 Å². The van der Waals surface area contributed by atoms with Crippen LogP contribution in [-0.2, 0) is 27.1 Å². The molecule has 2 fully saturated rings. The third-order valence-corrected chi connectivity index (χ3v) is 7.84. The zero-order chi connectivity index (χ0) is 28.9. The van der Waals surface area contributed by atoms with Gasteiger partial charge in [-0.1, -0.05) is 49.2 Å². The lowest BCUT2D eigenvalue weighted by molar-refractivity contribution is -0.139. The van der Waals surface area contributed by atoms with Crippen LogP contribution in [0, 0.1) is 17.8 Å². The number of amides is 3. The number of likely N-dealkylation sites (tertiary alicyclic amines) is 1. The standard InChI is InChI=1S/C31H36F3N3O3/c1-2-6-25(28(35)38)26(18-20-10-11-20)29(39)36-27-9-3-4-16-37(30(27)40)19-21-7-5-8-23(17-21)22-12-14-24(15-13-22)31(32,33)34/h2,5,7-8,12-15,17,20,25-27H,1,3-4,6,9-11,16,18-19H2,(H2,35,38)(H,36,39)/t25?,26?,27-/m0/s1. The molecule has 2 aromatic rings. The van der Waals surface area contributed by atoms with Crippen molar-refractivity contribution in [3.63, 3.8) is 0 Å². The first-order chi connectivity index (χ1) is 19.1. The van der Waals surface area contributed by atoms with E-state index >= 15 is 0 Å². The summed E-state index contributed by atoms with van der Waals surface area (Å²) >= 11 is 0. The van der Waals surface area contributed by atoms with Crippen LogP contribution in [0.1, 0.15) is 56.1 Å². The van der Waals surface area contributed by atoms with Crippen molar-refractivity contribution in [3.05, 3.63) is 72.3 Å². The summed E-state index contributed by atoms with van der Waals surface area (Å²) in [6.45, 7) is 4.54. The SMILES string of the molecule is C=CCC(C(N)=O)C(CC1CC1)C(=O)N[C@H]1CCCCN(Cc2cccc(-c3ccc(C(F)(F)F)cc3)c2)C1=O. The molecule has 40 heavy (non-hydrogen) atoms. The maximum atomic E-state index is 13.6. The van der Waals surface area contributed by atoms with E-state index in [4.69, 9.17) is 5.73 Å². The van der Waals surface area contributed by atoms with Crippen LogP contribution < -0.4 is 11.1 Å². The topological polar surface area (TPSA) is 92.5 Å². The fourth-order valence-corrected chi connectivity index (χ4v) is 5.42. The Labute approximate surface area is 232 Å². The molecule has 1 aliphatic heterocycles. The van der Waals surface area contributed by atoms with Crippen molar-refractivity contribution >= 4 is 17.7 Å². The quantitative estimate of drug-likeness (QED) is 0.361. The van der Waals surface area contributed by atoms with Gasteiger partial charge in [-0.2, -0.15) is 13.2 Å². The van der Waals surface area contributed by atoms with E-state index in [1.54, 1.807) is 11.0 Å². The van der Waals surface area contributed by atoms with Crippen LogP contribution in [0.3, 0.4) is 0 Å². The van der Waals surface area contributed by atoms with Gasteiger partial charge in [0.2, 0.25) is 17.7 Å². The fraction of sp³-hybridized carbons (Fsp3) is 0.452. The first-order valence-electron chi connectivity index (χ1n) is 13.8. The number of nitrogens with zero attached hydrogens (tertiary/aromatic N) is 1. The van der Waals surface area contributed by atoms with Gasteiger partial charge in [-0.3, -0.25) is 14.4 Å². The molecule has 2 aliphatic rings. The minimum Gasteiger partial charge on any atom is -0.369 e. The molecular weight excluding hydrogens is 519 g/mol. The number of benzene rings is 2. The van der Waals surface area contributed by atoms with Crippen molar-refractivity contribution in [2.75, 3.05) is 6.54 Å². The summed E-state index contributed by atoms with van der Waals surface area (Å²) in [5.41, 5.74) is 7.17. The van der Waals surface area contributed by atoms with Crippen LogP contribution >= 0.6 is 0 Å². The average molecular weight is 556 g/mol. The lowest BCUT2D eigenvalue weighted by atomic mass is 9.83. The minimum atomic E-state index is -4.40. The van der Waals surface area contributed by atoms with Crippen LogP contribution in [0.25, 0.3) is 11.1 Å². The van der Waals surface area contributed by atoms with E-state index in [0.29, 0.717) is 43.8 Å². The highest BCUT2D eigenvalue weighted by atomic mass is 19.4. The lowest BCUT2D eigenvalue weighted by Crippen LogP contribution is -2.50. The van der Waals surface area contributed by atoms with Gasteiger partial charge in [0.1, 0.15) is 6.04 Å². The molecule has 2 aromatic carbocycles. The van der Waals surface area contributed by atoms with Gasteiger partial charge in [0, 0.05) is 13.1 Å². The third-order valence-electron chi connectivity index (χ3n) is 7.84. The Morgan fingerprint density at radius 2 is 1.77 bits per heavy atom. The zero-order valence-electron chi connectivity index (χ0n) is 22.5. The second-order valence-corrected chi connectivity index (χ2v) is 10.9. The molecule has 4 rings (SSSR count). The summed E-state index contributed by atoms with van der Waals surface area (Å²) in [7, 11) is 0. The Bertz CT molecular complexity index is 1220. The molecule has 9 heteroatoms. The summed E-state index contributed by atoms with van der Waals surface area (Å²) in [5, 5.41) is 2.94. The number of rotatable bonds is 11. The Hall–Kier alpha value is -3.62. The summed E-state index contributed by atoms with van der Waals surface area (Å²) in [5.74, 6) is -1.92. The Morgan fingerprint density at radius 1 is 1.05 bits per heavy atom. The molecule has 1 aliphatic carbocycles. The van der Waals surface area contributed by atoms with Gasteiger partial charge in [0.25, 0.3) is 0 Å². The predicted molar refractivity (Wildman–Crippen MR) is 146 cm³/mol. The Kier molecular flexibility index (Phi) is 9.32. The number of nitrogens with one attached hydrogen (secondary N) is 1. The number of hydrogen-bond donors (Lipinski definition) is 2. The fourth-order valence-electron chi connectivity index (χ4n) is 5.42. The van der Waals surface area contributed by atoms with Crippen LogP contribution in [0.5, 0.6) is 0 Å². The smallest absolute Gasteiger partial charge is 0.369 e. The summed E-state index contributed by atoms with van der Waals surface area (Å²) in [6.07, 6.45) is 2.15. The average Bonchev–Trinajstić information content (AvgIpc) is 3.76. The monoisotopic (exact) mass is 555 g/mol. The first-order valence-corrected chi connectivity index (χ1v) is 13.8. The number of carbonyl (C=O) groups is 3. The second-order valence-electron chi connectivity index (χ2n) is 10.9. The Balaban J connectivity index is 1.46. The molecule has 0 aromatic heterocycles. The number of nitrogens with two attached hydrogens (primary N) is 1. The third kappa shape index (κ3) is 7.52. The van der Waals surface area contributed by atoms with Crippen molar-refractivity contribution in [1.29, 1.82) is 0 Å². The number of primary amides is 1. The molecule has 0 spiro atoms. The largest absolute Gasteiger partial charge is 0.416 e. The molecule has 0 bridgehead atoms. The van der Waals surface area contributed by atoms with Crippen molar-refractivity contribution < 1.29 is 27.6 Å². The molecule has 3 N–H and O–H groups in total. The molecule has 6 nitrogen and oxygen atoms in total. The van der Waals surface area contributed by atoms with Gasteiger partial charge in [0.05, 0.1) is 17.4 Å². The molecule has 3 atom stereocenters. The summed E-state index contributed by atoms with van der Waals surface area (Å²) < 4.78 is 38.9. The predicted octanol–water partition coefficient (Wildman–Crippen LogP) is 5.46. The highest BCUT2D eigenvalue weighted by molar-refractivity contribution is 5.91. The Morgan fingerprint density at radius 3 is 2.40 bits per heavy atom. The molecule has 1 saturated carbocycles. The normalized spacial score (nSPS) is 19.4. The van der Waals surface area contributed by atoms with E-state index in [9.17, 15) is 27.6 Å². The van der Waals surface area contributed by atoms with E-state index in [-0.39, 0.29) is 11.8 Å². The van der Waals surface area contributed by atoms with Crippen LogP contribution in [-0.4, -0.2) is 35.2 Å². The molecule has 2 unspecified atom stereocenters. The highest BCUT2D eigenvalue weighted by Gasteiger charge is 2.38. The van der Waals surface area contributed by atoms with Crippen molar-refractivity contribution in [2.45, 2.75) is 63.7 Å². The molecule has 1 saturated heterocycles. The van der Waals surface area contributed by atoms with Crippen LogP contribution in [0.4, 0.5) is 13.2 Å².